The van der Waals surface area contributed by atoms with E-state index in [1.807, 2.05) is 0 Å². The van der Waals surface area contributed by atoms with E-state index in [1.54, 1.807) is 0 Å². The highest BCUT2D eigenvalue weighted by atomic mass is 19.4. The topological polar surface area (TPSA) is 26.3 Å². The number of carbonyl (C=O) groups is 1. The number of halogens is 7. The number of hydrogen-bond acceptors (Lipinski definition) is 2. The van der Waals surface area contributed by atoms with Crippen molar-refractivity contribution in [3.8, 4) is 0 Å². The number of alkyl halides is 6. The first kappa shape index (κ1) is 17.0. The largest absolute Gasteiger partial charge is 0.442 e. The van der Waals surface area contributed by atoms with Crippen LogP contribution in [0.2, 0.25) is 0 Å². The first-order valence-electron chi connectivity index (χ1n) is 5.20. The maximum atomic E-state index is 13.0. The summed E-state index contributed by atoms with van der Waals surface area (Å²) in [6.45, 7) is 2.75. The molecule has 0 radical (unpaired) electrons. The summed E-state index contributed by atoms with van der Waals surface area (Å²) in [5.74, 6) is -2.97. The molecule has 1 aromatic carbocycles. The Morgan fingerprint density at radius 1 is 1.00 bits per heavy atom. The molecule has 0 unspecified atom stereocenters. The van der Waals surface area contributed by atoms with Gasteiger partial charge in [-0.05, 0) is 12.1 Å². The smallest absolute Gasteiger partial charge is 0.431 e. The fraction of sp³-hybridized carbons (Fsp3) is 0.250. The molecular formula is C12H7F7O2. The lowest BCUT2D eigenvalue weighted by molar-refractivity contribution is -0.376. The molecule has 0 spiro atoms. The first-order valence-corrected chi connectivity index (χ1v) is 5.20. The van der Waals surface area contributed by atoms with Crippen molar-refractivity contribution in [1.29, 1.82) is 0 Å². The van der Waals surface area contributed by atoms with Crippen molar-refractivity contribution >= 4 is 5.97 Å². The van der Waals surface area contributed by atoms with Gasteiger partial charge in [-0.2, -0.15) is 26.3 Å². The molecule has 0 bridgehead atoms. The maximum absolute atomic E-state index is 13.0. The van der Waals surface area contributed by atoms with Crippen LogP contribution in [0.4, 0.5) is 30.7 Å². The summed E-state index contributed by atoms with van der Waals surface area (Å²) in [5, 5.41) is 0. The first-order chi connectivity index (χ1) is 9.45. The molecule has 0 saturated carbocycles. The zero-order chi connectivity index (χ0) is 16.5. The second-order valence-electron chi connectivity index (χ2n) is 3.81. The lowest BCUT2D eigenvalue weighted by atomic mass is 9.91. The molecule has 21 heavy (non-hydrogen) atoms. The van der Waals surface area contributed by atoms with Gasteiger partial charge in [-0.3, -0.25) is 0 Å². The molecule has 0 atom stereocenters. The highest BCUT2D eigenvalue weighted by Gasteiger charge is 2.75. The van der Waals surface area contributed by atoms with Crippen LogP contribution in [0.25, 0.3) is 0 Å². The number of benzene rings is 1. The Bertz CT molecular complexity index is 514. The summed E-state index contributed by atoms with van der Waals surface area (Å²) in [6.07, 6.45) is -11.9. The predicted octanol–water partition coefficient (Wildman–Crippen LogP) is 3.87. The summed E-state index contributed by atoms with van der Waals surface area (Å²) >= 11 is 0. The molecule has 2 nitrogen and oxygen atoms in total. The standard InChI is InChI=1S/C12H7F7O2/c1-2-9(20)21-10(11(14,15)16,12(17,18)19)7-3-5-8(13)6-4-7/h2-6H,1H2. The lowest BCUT2D eigenvalue weighted by Crippen LogP contribution is -2.56. The Morgan fingerprint density at radius 2 is 1.43 bits per heavy atom. The quantitative estimate of drug-likeness (QED) is 0.481. The van der Waals surface area contributed by atoms with Crippen molar-refractivity contribution in [3.05, 3.63) is 48.3 Å². The van der Waals surface area contributed by atoms with E-state index in [0.717, 1.165) is 0 Å². The van der Waals surface area contributed by atoms with Crippen molar-refractivity contribution in [3.63, 3.8) is 0 Å². The lowest BCUT2D eigenvalue weighted by Gasteiger charge is -2.36. The van der Waals surface area contributed by atoms with Crippen molar-refractivity contribution in [2.24, 2.45) is 0 Å². The van der Waals surface area contributed by atoms with Gasteiger partial charge in [0.05, 0.1) is 0 Å². The number of esters is 1. The van der Waals surface area contributed by atoms with Gasteiger partial charge in [0.15, 0.2) is 0 Å². The molecule has 0 fully saturated rings. The van der Waals surface area contributed by atoms with Crippen LogP contribution in [0.3, 0.4) is 0 Å². The van der Waals surface area contributed by atoms with E-state index in [0.29, 0.717) is 12.1 Å². The summed E-state index contributed by atoms with van der Waals surface area (Å²) in [7, 11) is 0. The van der Waals surface area contributed by atoms with Gasteiger partial charge in [0, 0.05) is 11.6 Å². The summed E-state index contributed by atoms with van der Waals surface area (Å²) < 4.78 is 94.5. The minimum atomic E-state index is -6.01. The minimum Gasteiger partial charge on any atom is -0.431 e. The number of hydrogen-bond donors (Lipinski definition) is 0. The van der Waals surface area contributed by atoms with E-state index >= 15 is 0 Å². The third-order valence-electron chi connectivity index (χ3n) is 2.47. The van der Waals surface area contributed by atoms with Crippen LogP contribution in [0.1, 0.15) is 5.56 Å². The van der Waals surface area contributed by atoms with E-state index in [1.165, 1.54) is 0 Å². The van der Waals surface area contributed by atoms with Gasteiger partial charge in [0.1, 0.15) is 5.82 Å². The second-order valence-corrected chi connectivity index (χ2v) is 3.81. The Balaban J connectivity index is 3.62. The highest BCUT2D eigenvalue weighted by Crippen LogP contribution is 2.53. The molecule has 0 heterocycles. The molecule has 0 saturated heterocycles. The van der Waals surface area contributed by atoms with Gasteiger partial charge in [0.2, 0.25) is 0 Å². The van der Waals surface area contributed by atoms with Crippen LogP contribution in [-0.4, -0.2) is 18.3 Å². The molecular weight excluding hydrogens is 309 g/mol. The summed E-state index contributed by atoms with van der Waals surface area (Å²) in [6, 6.07) is 1.27. The monoisotopic (exact) mass is 316 g/mol. The van der Waals surface area contributed by atoms with Crippen molar-refractivity contribution in [1.82, 2.24) is 0 Å². The third kappa shape index (κ3) is 3.01. The molecule has 0 aromatic heterocycles. The van der Waals surface area contributed by atoms with Gasteiger partial charge in [-0.1, -0.05) is 18.7 Å². The van der Waals surface area contributed by atoms with E-state index in [-0.39, 0.29) is 18.2 Å². The molecule has 1 rings (SSSR count). The molecule has 0 N–H and O–H groups in total. The molecule has 116 valence electrons. The van der Waals surface area contributed by atoms with Crippen LogP contribution in [0, 0.1) is 5.82 Å². The molecule has 9 heteroatoms. The normalized spacial score (nSPS) is 12.9. The van der Waals surface area contributed by atoms with Crippen LogP contribution in [0.5, 0.6) is 0 Å². The zero-order valence-corrected chi connectivity index (χ0v) is 10.1. The van der Waals surface area contributed by atoms with Crippen LogP contribution >= 0.6 is 0 Å². The summed E-state index contributed by atoms with van der Waals surface area (Å²) in [4.78, 5) is 10.9. The minimum absolute atomic E-state index is 0.162. The van der Waals surface area contributed by atoms with Gasteiger partial charge in [0.25, 0.3) is 0 Å². The van der Waals surface area contributed by atoms with Gasteiger partial charge in [-0.25, -0.2) is 9.18 Å². The fourth-order valence-corrected chi connectivity index (χ4v) is 1.54. The van der Waals surface area contributed by atoms with E-state index in [2.05, 4.69) is 11.3 Å². The Kier molecular flexibility index (Phi) is 4.35. The third-order valence-corrected chi connectivity index (χ3v) is 2.47. The Morgan fingerprint density at radius 3 is 1.76 bits per heavy atom. The SMILES string of the molecule is C=CC(=O)OC(c1ccc(F)cc1)(C(F)(F)F)C(F)(F)F. The van der Waals surface area contributed by atoms with Gasteiger partial charge in [-0.15, -0.1) is 0 Å². The Hall–Kier alpha value is -2.06. The van der Waals surface area contributed by atoms with Gasteiger partial charge >= 0.3 is 23.9 Å². The second kappa shape index (κ2) is 5.38. The van der Waals surface area contributed by atoms with E-state index in [9.17, 15) is 35.5 Å². The number of carbonyl (C=O) groups excluding carboxylic acids is 1. The molecule has 0 aliphatic carbocycles. The van der Waals surface area contributed by atoms with Crippen molar-refractivity contribution in [2.75, 3.05) is 0 Å². The molecule has 1 aromatic rings. The number of rotatable bonds is 3. The van der Waals surface area contributed by atoms with E-state index < -0.39 is 35.3 Å². The van der Waals surface area contributed by atoms with Crippen LogP contribution in [-0.2, 0) is 15.1 Å². The maximum Gasteiger partial charge on any atom is 0.442 e. The van der Waals surface area contributed by atoms with E-state index in [4.69, 9.17) is 0 Å². The number of ether oxygens (including phenoxy) is 1. The molecule has 0 amide bonds. The Labute approximate surface area is 113 Å². The average Bonchev–Trinajstić information content (AvgIpc) is 2.33. The van der Waals surface area contributed by atoms with Gasteiger partial charge < -0.3 is 4.74 Å². The van der Waals surface area contributed by atoms with Crippen LogP contribution in [0.15, 0.2) is 36.9 Å². The average molecular weight is 316 g/mol. The molecule has 0 aliphatic rings. The van der Waals surface area contributed by atoms with Crippen molar-refractivity contribution in [2.45, 2.75) is 18.0 Å². The molecule has 0 aliphatic heterocycles. The van der Waals surface area contributed by atoms with Crippen molar-refractivity contribution < 1.29 is 40.3 Å². The van der Waals surface area contributed by atoms with Crippen LogP contribution < -0.4 is 0 Å². The predicted molar refractivity (Wildman–Crippen MR) is 56.5 cm³/mol. The summed E-state index contributed by atoms with van der Waals surface area (Å²) in [5.41, 5.74) is -6.38. The highest BCUT2D eigenvalue weighted by molar-refractivity contribution is 5.81. The zero-order valence-electron chi connectivity index (χ0n) is 10.1. The fourth-order valence-electron chi connectivity index (χ4n) is 1.54.